The van der Waals surface area contributed by atoms with Crippen molar-refractivity contribution in [2.24, 2.45) is 0 Å². The van der Waals surface area contributed by atoms with Crippen LogP contribution < -0.4 is 5.32 Å². The summed E-state index contributed by atoms with van der Waals surface area (Å²) in [6.07, 6.45) is -0.243. The fourth-order valence-corrected chi connectivity index (χ4v) is 1.46. The zero-order chi connectivity index (χ0) is 12.2. The van der Waals surface area contributed by atoms with Gasteiger partial charge >= 0.3 is 6.09 Å². The Labute approximate surface area is 97.1 Å². The molecule has 0 aromatic carbocycles. The molecule has 1 fully saturated rings. The first-order chi connectivity index (χ1) is 7.38. The SMILES string of the molecule is CN(C[C@@H]1CNCCO1)C(=O)OC(C)(C)C. The Morgan fingerprint density at radius 2 is 2.25 bits per heavy atom. The molecule has 0 aromatic rings. The molecule has 1 aliphatic rings. The highest BCUT2D eigenvalue weighted by Crippen LogP contribution is 2.09. The number of amides is 1. The highest BCUT2D eigenvalue weighted by Gasteiger charge is 2.23. The molecule has 0 bridgehead atoms. The van der Waals surface area contributed by atoms with Gasteiger partial charge in [-0.15, -0.1) is 0 Å². The Morgan fingerprint density at radius 3 is 2.75 bits per heavy atom. The third-order valence-electron chi connectivity index (χ3n) is 2.19. The van der Waals surface area contributed by atoms with Crippen LogP contribution >= 0.6 is 0 Å². The Kier molecular flexibility index (Phi) is 4.56. The lowest BCUT2D eigenvalue weighted by molar-refractivity contribution is -0.00696. The highest BCUT2D eigenvalue weighted by atomic mass is 16.6. The molecular formula is C11H22N2O3. The molecule has 1 heterocycles. The minimum Gasteiger partial charge on any atom is -0.444 e. The van der Waals surface area contributed by atoms with Crippen molar-refractivity contribution in [3.63, 3.8) is 0 Å². The van der Waals surface area contributed by atoms with Crippen LogP contribution in [0.25, 0.3) is 0 Å². The largest absolute Gasteiger partial charge is 0.444 e. The molecule has 0 aliphatic carbocycles. The second-order valence-corrected chi connectivity index (χ2v) is 5.06. The fraction of sp³-hybridized carbons (Fsp3) is 0.909. The van der Waals surface area contributed by atoms with Crippen LogP contribution in [0.5, 0.6) is 0 Å². The summed E-state index contributed by atoms with van der Waals surface area (Å²) in [4.78, 5) is 13.2. The summed E-state index contributed by atoms with van der Waals surface area (Å²) < 4.78 is 10.8. The number of nitrogens with one attached hydrogen (secondary N) is 1. The van der Waals surface area contributed by atoms with Crippen LogP contribution in [0, 0.1) is 0 Å². The second-order valence-electron chi connectivity index (χ2n) is 5.06. The molecule has 0 unspecified atom stereocenters. The predicted molar refractivity (Wildman–Crippen MR) is 61.5 cm³/mol. The predicted octanol–water partition coefficient (Wildman–Crippen LogP) is 0.842. The molecule has 0 aromatic heterocycles. The molecule has 0 spiro atoms. The summed E-state index contributed by atoms with van der Waals surface area (Å²) in [5.41, 5.74) is -0.447. The third-order valence-corrected chi connectivity index (χ3v) is 2.19. The van der Waals surface area contributed by atoms with E-state index in [1.54, 1.807) is 11.9 Å². The normalized spacial score (nSPS) is 21.6. The number of hydrogen-bond acceptors (Lipinski definition) is 4. The van der Waals surface area contributed by atoms with E-state index in [1.165, 1.54) is 0 Å². The van der Waals surface area contributed by atoms with Crippen molar-refractivity contribution in [3.05, 3.63) is 0 Å². The van der Waals surface area contributed by atoms with Crippen molar-refractivity contribution in [3.8, 4) is 0 Å². The smallest absolute Gasteiger partial charge is 0.410 e. The summed E-state index contributed by atoms with van der Waals surface area (Å²) in [5, 5.41) is 3.22. The van der Waals surface area contributed by atoms with Crippen LogP contribution in [0.4, 0.5) is 4.79 Å². The molecule has 1 atom stereocenters. The van der Waals surface area contributed by atoms with Crippen LogP contribution in [0.1, 0.15) is 20.8 Å². The van der Waals surface area contributed by atoms with Gasteiger partial charge in [0.15, 0.2) is 0 Å². The van der Waals surface area contributed by atoms with Gasteiger partial charge in [-0.05, 0) is 20.8 Å². The molecule has 0 saturated carbocycles. The van der Waals surface area contributed by atoms with E-state index >= 15 is 0 Å². The van der Waals surface area contributed by atoms with E-state index in [0.29, 0.717) is 13.2 Å². The number of likely N-dealkylation sites (N-methyl/N-ethyl adjacent to an activating group) is 1. The topological polar surface area (TPSA) is 50.8 Å². The van der Waals surface area contributed by atoms with Gasteiger partial charge in [-0.1, -0.05) is 0 Å². The average molecular weight is 230 g/mol. The van der Waals surface area contributed by atoms with Crippen molar-refractivity contribution < 1.29 is 14.3 Å². The maximum Gasteiger partial charge on any atom is 0.410 e. The number of morpholine rings is 1. The summed E-state index contributed by atoms with van der Waals surface area (Å²) >= 11 is 0. The zero-order valence-corrected chi connectivity index (χ0v) is 10.6. The molecule has 5 nitrogen and oxygen atoms in total. The van der Waals surface area contributed by atoms with Gasteiger partial charge in [0.25, 0.3) is 0 Å². The molecule has 1 N–H and O–H groups in total. The first kappa shape index (κ1) is 13.3. The number of carbonyl (C=O) groups excluding carboxylic acids is 1. The Balaban J connectivity index is 2.33. The van der Waals surface area contributed by atoms with Crippen LogP contribution in [-0.4, -0.2) is 56.0 Å². The summed E-state index contributed by atoms with van der Waals surface area (Å²) in [6, 6.07) is 0. The van der Waals surface area contributed by atoms with E-state index in [4.69, 9.17) is 9.47 Å². The van der Waals surface area contributed by atoms with E-state index in [0.717, 1.165) is 13.1 Å². The van der Waals surface area contributed by atoms with Gasteiger partial charge in [0, 0.05) is 20.1 Å². The first-order valence-electron chi connectivity index (χ1n) is 5.65. The van der Waals surface area contributed by atoms with Crippen molar-refractivity contribution >= 4 is 6.09 Å². The maximum absolute atomic E-state index is 11.7. The van der Waals surface area contributed by atoms with Crippen molar-refractivity contribution in [2.45, 2.75) is 32.5 Å². The minimum atomic E-state index is -0.447. The molecule has 5 heteroatoms. The van der Waals surface area contributed by atoms with Crippen LogP contribution in [0.2, 0.25) is 0 Å². The monoisotopic (exact) mass is 230 g/mol. The van der Waals surface area contributed by atoms with E-state index < -0.39 is 5.60 Å². The van der Waals surface area contributed by atoms with Crippen molar-refractivity contribution in [2.75, 3.05) is 33.3 Å². The summed E-state index contributed by atoms with van der Waals surface area (Å²) in [5.74, 6) is 0. The third kappa shape index (κ3) is 4.81. The number of hydrogen-bond donors (Lipinski definition) is 1. The Morgan fingerprint density at radius 1 is 1.56 bits per heavy atom. The van der Waals surface area contributed by atoms with E-state index in [1.807, 2.05) is 20.8 Å². The number of ether oxygens (including phenoxy) is 2. The Bertz CT molecular complexity index is 232. The molecule has 1 aliphatic heterocycles. The van der Waals surface area contributed by atoms with Crippen LogP contribution in [0.3, 0.4) is 0 Å². The quantitative estimate of drug-likeness (QED) is 0.764. The van der Waals surface area contributed by atoms with Gasteiger partial charge in [0.1, 0.15) is 5.60 Å². The van der Waals surface area contributed by atoms with E-state index in [2.05, 4.69) is 5.32 Å². The van der Waals surface area contributed by atoms with Gasteiger partial charge in [0.2, 0.25) is 0 Å². The van der Waals surface area contributed by atoms with Gasteiger partial charge in [0.05, 0.1) is 19.3 Å². The molecule has 16 heavy (non-hydrogen) atoms. The van der Waals surface area contributed by atoms with Crippen molar-refractivity contribution in [1.29, 1.82) is 0 Å². The number of nitrogens with zero attached hydrogens (tertiary/aromatic N) is 1. The molecule has 1 amide bonds. The van der Waals surface area contributed by atoms with E-state index in [-0.39, 0.29) is 12.2 Å². The van der Waals surface area contributed by atoms with Gasteiger partial charge in [-0.2, -0.15) is 0 Å². The number of carbonyl (C=O) groups is 1. The molecule has 94 valence electrons. The van der Waals surface area contributed by atoms with Crippen molar-refractivity contribution in [1.82, 2.24) is 10.2 Å². The summed E-state index contributed by atoms with van der Waals surface area (Å²) in [7, 11) is 1.73. The molecule has 1 rings (SSSR count). The average Bonchev–Trinajstić information content (AvgIpc) is 2.16. The van der Waals surface area contributed by atoms with Gasteiger partial charge in [-0.3, -0.25) is 0 Å². The molecule has 1 saturated heterocycles. The first-order valence-corrected chi connectivity index (χ1v) is 5.65. The fourth-order valence-electron chi connectivity index (χ4n) is 1.46. The van der Waals surface area contributed by atoms with Gasteiger partial charge in [-0.25, -0.2) is 4.79 Å². The lowest BCUT2D eigenvalue weighted by atomic mass is 10.2. The minimum absolute atomic E-state index is 0.0614. The van der Waals surface area contributed by atoms with E-state index in [9.17, 15) is 4.79 Å². The summed E-state index contributed by atoms with van der Waals surface area (Å²) in [6.45, 7) is 8.50. The molecule has 0 radical (unpaired) electrons. The zero-order valence-electron chi connectivity index (χ0n) is 10.6. The molecular weight excluding hydrogens is 208 g/mol. The van der Waals surface area contributed by atoms with Gasteiger partial charge < -0.3 is 19.7 Å². The lowest BCUT2D eigenvalue weighted by Gasteiger charge is -2.29. The van der Waals surface area contributed by atoms with Crippen LogP contribution in [0.15, 0.2) is 0 Å². The highest BCUT2D eigenvalue weighted by molar-refractivity contribution is 5.67. The second kappa shape index (κ2) is 5.50. The van der Waals surface area contributed by atoms with Crippen LogP contribution in [-0.2, 0) is 9.47 Å². The maximum atomic E-state index is 11.7. The Hall–Kier alpha value is -0.810. The lowest BCUT2D eigenvalue weighted by Crippen LogP contribution is -2.46. The number of rotatable bonds is 2. The standard InChI is InChI=1S/C11H22N2O3/c1-11(2,3)16-10(14)13(4)8-9-7-12-5-6-15-9/h9,12H,5-8H2,1-4H3/t9-/m0/s1.